The molecule has 0 fully saturated rings. The van der Waals surface area contributed by atoms with Gasteiger partial charge in [0.25, 0.3) is 5.56 Å². The van der Waals surface area contributed by atoms with Crippen LogP contribution in [-0.4, -0.2) is 18.2 Å². The van der Waals surface area contributed by atoms with E-state index >= 15 is 0 Å². The number of aromatic nitrogens is 1. The highest BCUT2D eigenvalue weighted by Crippen LogP contribution is 2.37. The molecule has 0 atom stereocenters. The van der Waals surface area contributed by atoms with Crippen molar-refractivity contribution >= 4 is 0 Å². The van der Waals surface area contributed by atoms with Crippen molar-refractivity contribution in [2.24, 2.45) is 0 Å². The van der Waals surface area contributed by atoms with E-state index in [9.17, 15) is 4.79 Å². The van der Waals surface area contributed by atoms with Gasteiger partial charge >= 0.3 is 0 Å². The Morgan fingerprint density at radius 1 is 1.09 bits per heavy atom. The Morgan fingerprint density at radius 2 is 1.83 bits per heavy atom. The van der Waals surface area contributed by atoms with E-state index in [2.05, 4.69) is 4.98 Å². The van der Waals surface area contributed by atoms with Gasteiger partial charge in [0.15, 0.2) is 11.5 Å². The van der Waals surface area contributed by atoms with E-state index in [0.717, 1.165) is 18.4 Å². The summed E-state index contributed by atoms with van der Waals surface area (Å²) in [6.07, 6.45) is 1.76. The fourth-order valence-electron chi connectivity index (χ4n) is 2.13. The average Bonchev–Trinajstić information content (AvgIpc) is 2.58. The van der Waals surface area contributed by atoms with Crippen LogP contribution in [0.3, 0.4) is 0 Å². The van der Waals surface area contributed by atoms with Gasteiger partial charge in [0.2, 0.25) is 0 Å². The van der Waals surface area contributed by atoms with Crippen LogP contribution in [0.25, 0.3) is 11.3 Å². The van der Waals surface area contributed by atoms with E-state index in [4.69, 9.17) is 14.7 Å². The fraction of sp³-hybridized carbons (Fsp3) is 0.333. The molecule has 1 N–H and O–H groups in total. The summed E-state index contributed by atoms with van der Waals surface area (Å²) in [6.45, 7) is 5.21. The molecule has 1 aromatic heterocycles. The third-order valence-electron chi connectivity index (χ3n) is 3.21. The zero-order chi connectivity index (χ0) is 16.7. The third kappa shape index (κ3) is 3.92. The van der Waals surface area contributed by atoms with Gasteiger partial charge in [-0.1, -0.05) is 19.9 Å². The number of hydrogen-bond donors (Lipinski definition) is 1. The summed E-state index contributed by atoms with van der Waals surface area (Å²) in [5, 5.41) is 8.88. The van der Waals surface area contributed by atoms with Gasteiger partial charge < -0.3 is 14.5 Å². The van der Waals surface area contributed by atoms with Gasteiger partial charge in [-0.15, -0.1) is 0 Å². The highest BCUT2D eigenvalue weighted by Gasteiger charge is 2.14. The van der Waals surface area contributed by atoms with E-state index in [-0.39, 0.29) is 5.56 Å². The van der Waals surface area contributed by atoms with Crippen molar-refractivity contribution in [2.45, 2.75) is 26.7 Å². The number of hydrogen-bond acceptors (Lipinski definition) is 4. The molecule has 1 aromatic carbocycles. The first-order valence-corrected chi connectivity index (χ1v) is 7.73. The van der Waals surface area contributed by atoms with Gasteiger partial charge in [0.1, 0.15) is 11.6 Å². The molecular formula is C18H20N2O3. The first-order chi connectivity index (χ1) is 11.2. The fourth-order valence-corrected chi connectivity index (χ4v) is 2.13. The summed E-state index contributed by atoms with van der Waals surface area (Å²) >= 11 is 0. The van der Waals surface area contributed by atoms with Crippen molar-refractivity contribution in [3.63, 3.8) is 0 Å². The second kappa shape index (κ2) is 8.04. The predicted octanol–water partition coefficient (Wildman–Crippen LogP) is 3.49. The lowest BCUT2D eigenvalue weighted by Crippen LogP contribution is -2.11. The summed E-state index contributed by atoms with van der Waals surface area (Å²) < 4.78 is 11.6. The van der Waals surface area contributed by atoms with Crippen molar-refractivity contribution in [3.8, 4) is 28.8 Å². The molecule has 0 bridgehead atoms. The van der Waals surface area contributed by atoms with E-state index in [1.54, 1.807) is 6.07 Å². The van der Waals surface area contributed by atoms with Crippen LogP contribution >= 0.6 is 0 Å². The highest BCUT2D eigenvalue weighted by atomic mass is 16.5. The van der Waals surface area contributed by atoms with Crippen molar-refractivity contribution in [3.05, 3.63) is 46.2 Å². The second-order valence-corrected chi connectivity index (χ2v) is 5.06. The molecule has 0 radical (unpaired) electrons. The normalized spacial score (nSPS) is 10.1. The van der Waals surface area contributed by atoms with Crippen molar-refractivity contribution < 1.29 is 9.47 Å². The summed E-state index contributed by atoms with van der Waals surface area (Å²) in [4.78, 5) is 14.6. The number of aromatic amines is 1. The molecule has 0 aliphatic carbocycles. The summed E-state index contributed by atoms with van der Waals surface area (Å²) in [7, 11) is 0. The minimum Gasteiger partial charge on any atom is -0.490 e. The third-order valence-corrected chi connectivity index (χ3v) is 3.21. The maximum Gasteiger partial charge on any atom is 0.266 e. The molecule has 5 nitrogen and oxygen atoms in total. The maximum absolute atomic E-state index is 11.9. The van der Waals surface area contributed by atoms with Crippen LogP contribution in [-0.2, 0) is 0 Å². The maximum atomic E-state index is 11.9. The smallest absolute Gasteiger partial charge is 0.266 e. The number of pyridine rings is 1. The van der Waals surface area contributed by atoms with Gasteiger partial charge in [0, 0.05) is 5.56 Å². The lowest BCUT2D eigenvalue weighted by atomic mass is 10.1. The lowest BCUT2D eigenvalue weighted by Gasteiger charge is -2.16. The van der Waals surface area contributed by atoms with E-state index in [1.807, 2.05) is 38.1 Å². The summed E-state index contributed by atoms with van der Waals surface area (Å²) in [5.41, 5.74) is 1.02. The van der Waals surface area contributed by atoms with E-state index in [1.165, 1.54) is 6.07 Å². The van der Waals surface area contributed by atoms with E-state index in [0.29, 0.717) is 30.4 Å². The zero-order valence-corrected chi connectivity index (χ0v) is 13.4. The Bertz CT molecular complexity index is 760. The van der Waals surface area contributed by atoms with Crippen LogP contribution in [0.15, 0.2) is 35.1 Å². The Balaban J connectivity index is 2.49. The molecule has 120 valence electrons. The Labute approximate surface area is 135 Å². The molecule has 2 rings (SSSR count). The molecule has 0 saturated carbocycles. The van der Waals surface area contributed by atoms with Gasteiger partial charge in [-0.2, -0.15) is 5.26 Å². The van der Waals surface area contributed by atoms with Crippen LogP contribution in [0.1, 0.15) is 32.3 Å². The standard InChI is InChI=1S/C18H20N2O3/c1-3-10-22-16-7-5-6-14(17(16)23-11-4-2)15-9-8-13(12-19)18(21)20-15/h5-9H,3-4,10-11H2,1-2H3,(H,20,21). The molecule has 0 aliphatic rings. The molecule has 1 heterocycles. The Morgan fingerprint density at radius 3 is 2.48 bits per heavy atom. The van der Waals surface area contributed by atoms with Gasteiger partial charge in [-0.05, 0) is 37.1 Å². The number of nitriles is 1. The quantitative estimate of drug-likeness (QED) is 0.849. The van der Waals surface area contributed by atoms with Crippen LogP contribution < -0.4 is 15.0 Å². The van der Waals surface area contributed by atoms with Crippen LogP contribution in [0.5, 0.6) is 11.5 Å². The number of nitrogens with one attached hydrogen (secondary N) is 1. The van der Waals surface area contributed by atoms with Crippen LogP contribution in [0.4, 0.5) is 0 Å². The lowest BCUT2D eigenvalue weighted by molar-refractivity contribution is 0.269. The molecular weight excluding hydrogens is 292 g/mol. The highest BCUT2D eigenvalue weighted by molar-refractivity contribution is 5.71. The number of para-hydroxylation sites is 1. The predicted molar refractivity (Wildman–Crippen MR) is 88.8 cm³/mol. The Kier molecular flexibility index (Phi) is 5.81. The minimum absolute atomic E-state index is 0.0863. The van der Waals surface area contributed by atoms with Crippen LogP contribution in [0, 0.1) is 11.3 Å². The topological polar surface area (TPSA) is 75.1 Å². The van der Waals surface area contributed by atoms with Gasteiger partial charge in [0.05, 0.1) is 18.9 Å². The Hall–Kier alpha value is -2.74. The minimum atomic E-state index is -0.411. The largest absolute Gasteiger partial charge is 0.490 e. The molecule has 0 amide bonds. The van der Waals surface area contributed by atoms with Gasteiger partial charge in [-0.25, -0.2) is 0 Å². The van der Waals surface area contributed by atoms with Crippen molar-refractivity contribution in [1.29, 1.82) is 5.26 Å². The SMILES string of the molecule is CCCOc1cccc(-c2ccc(C#N)c(=O)[nH]2)c1OCCC. The molecule has 0 saturated heterocycles. The molecule has 0 aliphatic heterocycles. The van der Waals surface area contributed by atoms with Crippen LogP contribution in [0.2, 0.25) is 0 Å². The molecule has 2 aromatic rings. The number of rotatable bonds is 7. The summed E-state index contributed by atoms with van der Waals surface area (Å²) in [5.74, 6) is 1.27. The molecule has 0 spiro atoms. The number of nitrogens with zero attached hydrogens (tertiary/aromatic N) is 1. The molecule has 5 heteroatoms. The zero-order valence-electron chi connectivity index (χ0n) is 13.4. The molecule has 23 heavy (non-hydrogen) atoms. The number of benzene rings is 1. The average molecular weight is 312 g/mol. The van der Waals surface area contributed by atoms with E-state index < -0.39 is 5.56 Å². The van der Waals surface area contributed by atoms with Crippen molar-refractivity contribution in [2.75, 3.05) is 13.2 Å². The van der Waals surface area contributed by atoms with Crippen molar-refractivity contribution in [1.82, 2.24) is 4.98 Å². The number of H-pyrrole nitrogens is 1. The monoisotopic (exact) mass is 312 g/mol. The first-order valence-electron chi connectivity index (χ1n) is 7.73. The van der Waals surface area contributed by atoms with Gasteiger partial charge in [-0.3, -0.25) is 4.79 Å². The first kappa shape index (κ1) is 16.6. The molecule has 0 unspecified atom stereocenters. The summed E-state index contributed by atoms with van der Waals surface area (Å²) in [6, 6.07) is 10.7. The number of ether oxygens (including phenoxy) is 2. The second-order valence-electron chi connectivity index (χ2n) is 5.06.